The number of nitrogens with one attached hydrogen (secondary N) is 2. The molecule has 0 rings (SSSR count). The molecule has 114 valence electrons. The van der Waals surface area contributed by atoms with Crippen LogP contribution in [0.5, 0.6) is 0 Å². The van der Waals surface area contributed by atoms with Crippen LogP contribution in [0, 0.1) is 0 Å². The fraction of sp³-hybridized carbons (Fsp3) is 0.933. The summed E-state index contributed by atoms with van der Waals surface area (Å²) in [7, 11) is 0. The van der Waals surface area contributed by atoms with Gasteiger partial charge in [-0.25, -0.2) is 4.79 Å². The van der Waals surface area contributed by atoms with Crippen LogP contribution in [0.3, 0.4) is 0 Å². The van der Waals surface area contributed by atoms with Crippen molar-refractivity contribution < 1.29 is 9.53 Å². The predicted octanol–water partition coefficient (Wildman–Crippen LogP) is 3.46. The van der Waals surface area contributed by atoms with Crippen LogP contribution in [-0.4, -0.2) is 30.8 Å². The smallest absolute Gasteiger partial charge is 0.407 e. The van der Waals surface area contributed by atoms with E-state index >= 15 is 0 Å². The van der Waals surface area contributed by atoms with Gasteiger partial charge in [0, 0.05) is 12.6 Å². The van der Waals surface area contributed by atoms with Crippen molar-refractivity contribution >= 4 is 6.09 Å². The third-order valence-electron chi connectivity index (χ3n) is 2.73. The molecule has 0 unspecified atom stereocenters. The van der Waals surface area contributed by atoms with Gasteiger partial charge >= 0.3 is 6.09 Å². The fourth-order valence-corrected chi connectivity index (χ4v) is 1.94. The zero-order valence-electron chi connectivity index (χ0n) is 13.3. The molecule has 0 aromatic rings. The monoisotopic (exact) mass is 272 g/mol. The lowest BCUT2D eigenvalue weighted by Gasteiger charge is -2.20. The lowest BCUT2D eigenvalue weighted by atomic mass is 10.1. The van der Waals surface area contributed by atoms with E-state index < -0.39 is 5.60 Å². The van der Waals surface area contributed by atoms with Gasteiger partial charge < -0.3 is 15.4 Å². The zero-order chi connectivity index (χ0) is 14.7. The van der Waals surface area contributed by atoms with Crippen molar-refractivity contribution in [3.05, 3.63) is 0 Å². The lowest BCUT2D eigenvalue weighted by molar-refractivity contribution is 0.0527. The van der Waals surface area contributed by atoms with Gasteiger partial charge in [-0.05, 0) is 46.6 Å². The van der Waals surface area contributed by atoms with E-state index in [4.69, 9.17) is 4.74 Å². The number of rotatable bonds is 9. The van der Waals surface area contributed by atoms with E-state index in [1.165, 1.54) is 25.7 Å². The summed E-state index contributed by atoms with van der Waals surface area (Å²) in [6, 6.07) is 0.622. The van der Waals surface area contributed by atoms with E-state index in [-0.39, 0.29) is 6.09 Å². The van der Waals surface area contributed by atoms with E-state index in [0.717, 1.165) is 13.0 Å². The maximum absolute atomic E-state index is 11.4. The quantitative estimate of drug-likeness (QED) is 0.632. The molecule has 0 atom stereocenters. The van der Waals surface area contributed by atoms with E-state index in [1.807, 2.05) is 20.8 Å². The summed E-state index contributed by atoms with van der Waals surface area (Å²) < 4.78 is 5.17. The van der Waals surface area contributed by atoms with Crippen molar-refractivity contribution in [2.24, 2.45) is 0 Å². The van der Waals surface area contributed by atoms with Crippen molar-refractivity contribution in [2.45, 2.75) is 78.4 Å². The van der Waals surface area contributed by atoms with Crippen molar-refractivity contribution in [3.63, 3.8) is 0 Å². The first-order valence-electron chi connectivity index (χ1n) is 7.59. The van der Waals surface area contributed by atoms with E-state index in [9.17, 15) is 4.79 Å². The van der Waals surface area contributed by atoms with Crippen LogP contribution in [0.1, 0.15) is 66.7 Å². The Morgan fingerprint density at radius 3 is 2.16 bits per heavy atom. The van der Waals surface area contributed by atoms with Crippen LogP contribution in [0.15, 0.2) is 0 Å². The Kier molecular flexibility index (Phi) is 9.66. The lowest BCUT2D eigenvalue weighted by Crippen LogP contribution is -2.35. The maximum atomic E-state index is 11.4. The van der Waals surface area contributed by atoms with Crippen LogP contribution in [0.2, 0.25) is 0 Å². The summed E-state index contributed by atoms with van der Waals surface area (Å²) in [4.78, 5) is 11.4. The highest BCUT2D eigenvalue weighted by Gasteiger charge is 2.15. The topological polar surface area (TPSA) is 50.4 Å². The van der Waals surface area contributed by atoms with Crippen LogP contribution in [0.25, 0.3) is 0 Å². The van der Waals surface area contributed by atoms with Crippen LogP contribution < -0.4 is 10.6 Å². The second kappa shape index (κ2) is 10.1. The molecule has 1 amide bonds. The number of carbonyl (C=O) groups is 1. The van der Waals surface area contributed by atoms with Crippen LogP contribution in [-0.2, 0) is 4.74 Å². The number of ether oxygens (including phenoxy) is 1. The van der Waals surface area contributed by atoms with Crippen LogP contribution in [0.4, 0.5) is 4.79 Å². The molecular formula is C15H32N2O2. The summed E-state index contributed by atoms with van der Waals surface area (Å²) >= 11 is 0. The number of hydrogen-bond acceptors (Lipinski definition) is 3. The molecule has 0 radical (unpaired) electrons. The molecule has 0 aliphatic carbocycles. The largest absolute Gasteiger partial charge is 0.444 e. The Balaban J connectivity index is 3.60. The van der Waals surface area contributed by atoms with Gasteiger partial charge in [-0.15, -0.1) is 0 Å². The second-order valence-corrected chi connectivity index (χ2v) is 6.01. The van der Waals surface area contributed by atoms with Gasteiger partial charge in [0.05, 0.1) is 0 Å². The molecule has 0 aromatic carbocycles. The molecule has 0 bridgehead atoms. The van der Waals surface area contributed by atoms with Gasteiger partial charge in [-0.1, -0.05) is 26.7 Å². The fourth-order valence-electron chi connectivity index (χ4n) is 1.94. The maximum Gasteiger partial charge on any atom is 0.407 e. The van der Waals surface area contributed by atoms with Gasteiger partial charge in [0.1, 0.15) is 5.60 Å². The minimum absolute atomic E-state index is 0.328. The molecule has 0 saturated carbocycles. The molecule has 4 heteroatoms. The van der Waals surface area contributed by atoms with Crippen molar-refractivity contribution in [2.75, 3.05) is 13.1 Å². The van der Waals surface area contributed by atoms with Gasteiger partial charge in [0.25, 0.3) is 0 Å². The third-order valence-corrected chi connectivity index (χ3v) is 2.73. The van der Waals surface area contributed by atoms with E-state index in [2.05, 4.69) is 24.5 Å². The van der Waals surface area contributed by atoms with Crippen molar-refractivity contribution in [1.29, 1.82) is 0 Å². The number of amides is 1. The molecule has 2 N–H and O–H groups in total. The number of hydrogen-bond donors (Lipinski definition) is 2. The average Bonchev–Trinajstić information content (AvgIpc) is 2.26. The molecule has 0 aromatic heterocycles. The summed E-state index contributed by atoms with van der Waals surface area (Å²) in [6.45, 7) is 11.6. The highest BCUT2D eigenvalue weighted by molar-refractivity contribution is 5.67. The minimum atomic E-state index is -0.421. The SMILES string of the molecule is CCCC(CCC)NCCCNC(=O)OC(C)(C)C. The first kappa shape index (κ1) is 18.2. The summed E-state index contributed by atoms with van der Waals surface area (Å²) in [5.74, 6) is 0. The zero-order valence-corrected chi connectivity index (χ0v) is 13.3. The molecule has 19 heavy (non-hydrogen) atoms. The highest BCUT2D eigenvalue weighted by Crippen LogP contribution is 2.06. The molecule has 0 aliphatic heterocycles. The van der Waals surface area contributed by atoms with Gasteiger partial charge in [0.15, 0.2) is 0 Å². The Labute approximate surface area is 118 Å². The molecule has 0 fully saturated rings. The molecule has 4 nitrogen and oxygen atoms in total. The van der Waals surface area contributed by atoms with Crippen LogP contribution >= 0.6 is 0 Å². The molecular weight excluding hydrogens is 240 g/mol. The molecule has 0 spiro atoms. The molecule has 0 heterocycles. The first-order valence-corrected chi connectivity index (χ1v) is 7.59. The predicted molar refractivity (Wildman–Crippen MR) is 80.5 cm³/mol. The normalized spacial score (nSPS) is 11.7. The van der Waals surface area contributed by atoms with Gasteiger partial charge in [-0.2, -0.15) is 0 Å². The first-order chi connectivity index (χ1) is 8.89. The number of alkyl carbamates (subject to hydrolysis) is 1. The summed E-state index contributed by atoms with van der Waals surface area (Å²) in [5.41, 5.74) is -0.421. The highest BCUT2D eigenvalue weighted by atomic mass is 16.6. The minimum Gasteiger partial charge on any atom is -0.444 e. The van der Waals surface area contributed by atoms with E-state index in [0.29, 0.717) is 12.6 Å². The Morgan fingerprint density at radius 1 is 1.11 bits per heavy atom. The second-order valence-electron chi connectivity index (χ2n) is 6.01. The van der Waals surface area contributed by atoms with Crippen molar-refractivity contribution in [1.82, 2.24) is 10.6 Å². The van der Waals surface area contributed by atoms with E-state index in [1.54, 1.807) is 0 Å². The molecule has 0 saturated heterocycles. The van der Waals surface area contributed by atoms with Gasteiger partial charge in [-0.3, -0.25) is 0 Å². The summed E-state index contributed by atoms with van der Waals surface area (Å²) in [6.07, 6.45) is 5.50. The molecule has 0 aliphatic rings. The standard InChI is InChI=1S/C15H32N2O2/c1-6-9-13(10-7-2)16-11-8-12-17-14(18)19-15(3,4)5/h13,16H,6-12H2,1-5H3,(H,17,18). The summed E-state index contributed by atoms with van der Waals surface area (Å²) in [5, 5.41) is 6.33. The Morgan fingerprint density at radius 2 is 1.68 bits per heavy atom. The Hall–Kier alpha value is -0.770. The van der Waals surface area contributed by atoms with Gasteiger partial charge in [0.2, 0.25) is 0 Å². The number of carbonyl (C=O) groups excluding carboxylic acids is 1. The third kappa shape index (κ3) is 12.0. The Bertz CT molecular complexity index is 231. The average molecular weight is 272 g/mol. The van der Waals surface area contributed by atoms with Crippen molar-refractivity contribution in [3.8, 4) is 0 Å².